The summed E-state index contributed by atoms with van der Waals surface area (Å²) < 4.78 is 44.3. The molecule has 0 bridgehead atoms. The van der Waals surface area contributed by atoms with Crippen LogP contribution in [0.25, 0.3) is 0 Å². The number of thiazole rings is 1. The van der Waals surface area contributed by atoms with Crippen LogP contribution in [-0.4, -0.2) is 29.8 Å². The minimum Gasteiger partial charge on any atom is -0.543 e. The lowest BCUT2D eigenvalue weighted by atomic mass is 10.3. The van der Waals surface area contributed by atoms with E-state index in [2.05, 4.69) is 10.3 Å². The number of nitrogens with two attached hydrogens (primary N) is 1. The highest BCUT2D eigenvalue weighted by atomic mass is 32.2. The van der Waals surface area contributed by atoms with E-state index in [9.17, 15) is 27.5 Å². The highest BCUT2D eigenvalue weighted by Gasteiger charge is 2.21. The van der Waals surface area contributed by atoms with Crippen molar-refractivity contribution in [1.82, 2.24) is 9.55 Å². The van der Waals surface area contributed by atoms with Crippen LogP contribution in [0.1, 0.15) is 10.5 Å². The average molecular weight is 454 g/mol. The van der Waals surface area contributed by atoms with Gasteiger partial charge in [-0.2, -0.15) is 0 Å². The van der Waals surface area contributed by atoms with E-state index >= 15 is 0 Å². The molecule has 158 valence electrons. The Hall–Kier alpha value is -3.52. The van der Waals surface area contributed by atoms with Crippen molar-refractivity contribution in [3.8, 4) is 0 Å². The van der Waals surface area contributed by atoms with Crippen LogP contribution in [0.15, 0.2) is 41.0 Å². The number of amides is 1. The van der Waals surface area contributed by atoms with Crippen LogP contribution in [-0.2, 0) is 28.4 Å². The molecule has 0 radical (unpaired) electrons. The molecule has 14 heteroatoms. The number of nitrogen functional groups attached to an aromatic ring is 1. The molecule has 30 heavy (non-hydrogen) atoms. The van der Waals surface area contributed by atoms with Crippen molar-refractivity contribution in [3.63, 3.8) is 0 Å². The van der Waals surface area contributed by atoms with Gasteiger partial charge >= 0.3 is 5.95 Å². The lowest BCUT2D eigenvalue weighted by molar-refractivity contribution is -0.656. The fourth-order valence-electron chi connectivity index (χ4n) is 2.42. The Bertz CT molecular complexity index is 1240. The molecule has 0 atom stereocenters. The minimum absolute atomic E-state index is 0.175. The molecule has 0 saturated heterocycles. The summed E-state index contributed by atoms with van der Waals surface area (Å²) in [5.74, 6) is -2.91. The van der Waals surface area contributed by atoms with Gasteiger partial charge in [0.15, 0.2) is 6.54 Å². The normalized spacial score (nSPS) is 11.3. The number of carbonyl (C=O) groups is 2. The predicted octanol–water partition coefficient (Wildman–Crippen LogP) is -0.707. The second-order valence-corrected chi connectivity index (χ2v) is 8.55. The van der Waals surface area contributed by atoms with E-state index < -0.39 is 38.3 Å². The van der Waals surface area contributed by atoms with Gasteiger partial charge in [-0.15, -0.1) is 11.3 Å². The first-order chi connectivity index (χ1) is 14.1. The minimum atomic E-state index is -4.31. The SMILES string of the molecule is C[n+]1ccn(CC(=O)Nc2ccc(S(=O)(=O)Nc3scnc3C(=O)[O-])cc2F)c1N. The molecule has 0 aliphatic rings. The highest BCUT2D eigenvalue weighted by Crippen LogP contribution is 2.25. The molecular weight excluding hydrogens is 439 g/mol. The number of benzene rings is 1. The molecular formula is C16H15FN6O5S2. The Balaban J connectivity index is 1.75. The number of aryl methyl sites for hydroxylation is 1. The maximum atomic E-state index is 14.4. The van der Waals surface area contributed by atoms with Crippen LogP contribution in [0.2, 0.25) is 0 Å². The fraction of sp³-hybridized carbons (Fsp3) is 0.125. The highest BCUT2D eigenvalue weighted by molar-refractivity contribution is 7.93. The molecule has 0 spiro atoms. The number of imidazole rings is 1. The third-order valence-corrected chi connectivity index (χ3v) is 6.17. The Morgan fingerprint density at radius 2 is 2.13 bits per heavy atom. The molecule has 0 aliphatic carbocycles. The maximum absolute atomic E-state index is 14.4. The van der Waals surface area contributed by atoms with Gasteiger partial charge in [0.05, 0.1) is 41.5 Å². The van der Waals surface area contributed by atoms with Gasteiger partial charge in [0.25, 0.3) is 15.9 Å². The van der Waals surface area contributed by atoms with Gasteiger partial charge in [0, 0.05) is 0 Å². The van der Waals surface area contributed by atoms with Crippen molar-refractivity contribution in [1.29, 1.82) is 0 Å². The second kappa shape index (κ2) is 8.08. The second-order valence-electron chi connectivity index (χ2n) is 6.01. The Morgan fingerprint density at radius 1 is 1.40 bits per heavy atom. The number of carboxylic acid groups (broad SMARTS) is 1. The first-order valence-corrected chi connectivity index (χ1v) is 10.5. The van der Waals surface area contributed by atoms with Crippen LogP contribution in [0, 0.1) is 5.82 Å². The molecule has 0 aliphatic heterocycles. The Morgan fingerprint density at radius 3 is 2.73 bits per heavy atom. The molecule has 0 unspecified atom stereocenters. The van der Waals surface area contributed by atoms with E-state index in [4.69, 9.17) is 5.73 Å². The fourth-order valence-corrected chi connectivity index (χ4v) is 4.42. The zero-order chi connectivity index (χ0) is 22.1. The van der Waals surface area contributed by atoms with E-state index in [1.807, 2.05) is 4.72 Å². The number of anilines is 3. The molecule has 4 N–H and O–H groups in total. The molecule has 3 aromatic rings. The number of carboxylic acids is 1. The van der Waals surface area contributed by atoms with Gasteiger partial charge in [-0.3, -0.25) is 15.3 Å². The number of halogens is 1. The quantitative estimate of drug-likeness (QED) is 0.397. The lowest BCUT2D eigenvalue weighted by Crippen LogP contribution is -2.31. The van der Waals surface area contributed by atoms with Crippen LogP contribution in [0.3, 0.4) is 0 Å². The van der Waals surface area contributed by atoms with E-state index in [1.165, 1.54) is 4.57 Å². The van der Waals surface area contributed by atoms with E-state index in [0.29, 0.717) is 12.0 Å². The summed E-state index contributed by atoms with van der Waals surface area (Å²) in [6, 6.07) is 2.83. The number of carbonyl (C=O) groups excluding carboxylic acids is 2. The van der Waals surface area contributed by atoms with Crippen molar-refractivity contribution < 1.29 is 32.1 Å². The summed E-state index contributed by atoms with van der Waals surface area (Å²) in [6.45, 7) is -0.175. The zero-order valence-electron chi connectivity index (χ0n) is 15.3. The van der Waals surface area contributed by atoms with Crippen LogP contribution >= 0.6 is 11.3 Å². The van der Waals surface area contributed by atoms with Gasteiger partial charge in [0.1, 0.15) is 16.5 Å². The number of hydrogen-bond donors (Lipinski definition) is 3. The molecule has 0 saturated carbocycles. The Labute approximate surface area is 173 Å². The first kappa shape index (κ1) is 21.2. The van der Waals surface area contributed by atoms with Crippen molar-refractivity contribution in [3.05, 3.63) is 47.6 Å². The summed E-state index contributed by atoms with van der Waals surface area (Å²) in [5, 5.41) is 13.0. The monoisotopic (exact) mass is 454 g/mol. The van der Waals surface area contributed by atoms with E-state index in [-0.39, 0.29) is 17.2 Å². The smallest absolute Gasteiger partial charge is 0.355 e. The number of aromatic nitrogens is 3. The number of nitrogens with zero attached hydrogens (tertiary/aromatic N) is 3. The third-order valence-electron chi connectivity index (χ3n) is 3.95. The number of sulfonamides is 1. The first-order valence-electron chi connectivity index (χ1n) is 8.16. The number of rotatable bonds is 7. The molecule has 11 nitrogen and oxygen atoms in total. The molecule has 1 amide bonds. The molecule has 0 fully saturated rings. The van der Waals surface area contributed by atoms with E-state index in [0.717, 1.165) is 29.0 Å². The molecule has 1 aromatic carbocycles. The Kier molecular flexibility index (Phi) is 5.71. The van der Waals surface area contributed by atoms with Crippen molar-refractivity contribution in [2.45, 2.75) is 11.4 Å². The summed E-state index contributed by atoms with van der Waals surface area (Å²) in [5.41, 5.74) is 6.09. The largest absolute Gasteiger partial charge is 0.543 e. The predicted molar refractivity (Wildman–Crippen MR) is 102 cm³/mol. The zero-order valence-corrected chi connectivity index (χ0v) is 17.0. The van der Waals surface area contributed by atoms with Crippen molar-refractivity contribution >= 4 is 49.9 Å². The molecule has 2 aromatic heterocycles. The van der Waals surface area contributed by atoms with Gasteiger partial charge < -0.3 is 15.2 Å². The number of nitrogens with one attached hydrogen (secondary N) is 2. The van der Waals surface area contributed by atoms with Gasteiger partial charge in [-0.05, 0) is 18.2 Å². The van der Waals surface area contributed by atoms with Gasteiger partial charge in [-0.25, -0.2) is 26.9 Å². The standard InChI is InChI=1S/C16H15FN6O5S2/c1-22-4-5-23(16(22)18)7-12(24)20-11-3-2-9(6-10(11)17)30(27,28)21-14-13(15(25)26)19-8-29-14/h2-6,8,18,21H,7H2,1H3,(H2,20,24,25,26). The van der Waals surface area contributed by atoms with Gasteiger partial charge in [-0.1, -0.05) is 0 Å². The van der Waals surface area contributed by atoms with Crippen molar-refractivity contribution in [2.75, 3.05) is 15.8 Å². The lowest BCUT2D eigenvalue weighted by Gasteiger charge is -2.10. The summed E-state index contributed by atoms with van der Waals surface area (Å²) in [6.07, 6.45) is 3.22. The van der Waals surface area contributed by atoms with Crippen molar-refractivity contribution in [2.24, 2.45) is 7.05 Å². The topological polar surface area (TPSA) is 163 Å². The molecule has 3 rings (SSSR count). The van der Waals surface area contributed by atoms with Crippen LogP contribution in [0.4, 0.5) is 21.0 Å². The van der Waals surface area contributed by atoms with E-state index in [1.54, 1.807) is 24.0 Å². The number of aromatic carboxylic acids is 1. The van der Waals surface area contributed by atoms with Crippen LogP contribution in [0.5, 0.6) is 0 Å². The summed E-state index contributed by atoms with van der Waals surface area (Å²) in [7, 11) is -2.61. The third kappa shape index (κ3) is 4.38. The summed E-state index contributed by atoms with van der Waals surface area (Å²) in [4.78, 5) is 26.1. The summed E-state index contributed by atoms with van der Waals surface area (Å²) >= 11 is 0.732. The maximum Gasteiger partial charge on any atom is 0.355 e. The van der Waals surface area contributed by atoms with Crippen LogP contribution < -0.4 is 25.4 Å². The average Bonchev–Trinajstić information content (AvgIpc) is 3.24. The number of hydrogen-bond acceptors (Lipinski definition) is 8. The molecule has 2 heterocycles. The van der Waals surface area contributed by atoms with Gasteiger partial charge in [0.2, 0.25) is 0 Å².